The van der Waals surface area contributed by atoms with Crippen LogP contribution in [0.15, 0.2) is 42.5 Å². The van der Waals surface area contributed by atoms with Crippen molar-refractivity contribution in [2.45, 2.75) is 6.54 Å². The molecular formula is C15H14F2N2O. The predicted molar refractivity (Wildman–Crippen MR) is 73.0 cm³/mol. The Morgan fingerprint density at radius 1 is 1.15 bits per heavy atom. The first-order chi connectivity index (χ1) is 9.49. The van der Waals surface area contributed by atoms with Gasteiger partial charge >= 0.3 is 0 Å². The van der Waals surface area contributed by atoms with Gasteiger partial charge in [0.1, 0.15) is 11.6 Å². The molecule has 104 valence electrons. The molecule has 0 atom stereocenters. The van der Waals surface area contributed by atoms with Crippen molar-refractivity contribution in [1.82, 2.24) is 4.90 Å². The summed E-state index contributed by atoms with van der Waals surface area (Å²) in [6.45, 7) is 0.0648. The van der Waals surface area contributed by atoms with Crippen molar-refractivity contribution in [3.05, 3.63) is 65.2 Å². The highest BCUT2D eigenvalue weighted by atomic mass is 19.1. The molecule has 0 aliphatic heterocycles. The maximum absolute atomic E-state index is 13.7. The Balaban J connectivity index is 2.19. The number of nitrogens with zero attached hydrogens (tertiary/aromatic N) is 1. The van der Waals surface area contributed by atoms with Crippen molar-refractivity contribution in [2.75, 3.05) is 12.8 Å². The molecule has 3 nitrogen and oxygen atoms in total. The number of amides is 1. The minimum Gasteiger partial charge on any atom is -0.399 e. The predicted octanol–water partition coefficient (Wildman–Crippen LogP) is 2.82. The Hall–Kier alpha value is -2.43. The molecule has 5 heteroatoms. The summed E-state index contributed by atoms with van der Waals surface area (Å²) in [5.74, 6) is -1.61. The third kappa shape index (κ3) is 2.93. The number of carbonyl (C=O) groups excluding carboxylic acids is 1. The summed E-state index contributed by atoms with van der Waals surface area (Å²) in [6, 6.07) is 10.0. The molecule has 2 N–H and O–H groups in total. The first-order valence-corrected chi connectivity index (χ1v) is 6.03. The standard InChI is InChI=1S/C15H14F2N2O/c1-19(9-10-4-2-3-5-13(10)16)15(20)12-7-6-11(18)8-14(12)17/h2-8H,9,18H2,1H3. The highest BCUT2D eigenvalue weighted by Gasteiger charge is 2.17. The van der Waals surface area contributed by atoms with E-state index < -0.39 is 17.5 Å². The van der Waals surface area contributed by atoms with Crippen LogP contribution in [0, 0.1) is 11.6 Å². The highest BCUT2D eigenvalue weighted by molar-refractivity contribution is 5.94. The summed E-state index contributed by atoms with van der Waals surface area (Å²) in [6.07, 6.45) is 0. The van der Waals surface area contributed by atoms with Gasteiger partial charge in [0.25, 0.3) is 5.91 Å². The molecule has 0 spiro atoms. The molecule has 20 heavy (non-hydrogen) atoms. The van der Waals surface area contributed by atoms with Crippen molar-refractivity contribution in [1.29, 1.82) is 0 Å². The van der Waals surface area contributed by atoms with Gasteiger partial charge in [0, 0.05) is 24.8 Å². The summed E-state index contributed by atoms with van der Waals surface area (Å²) < 4.78 is 27.2. The quantitative estimate of drug-likeness (QED) is 0.876. The molecule has 0 saturated carbocycles. The summed E-state index contributed by atoms with van der Waals surface area (Å²) in [5, 5.41) is 0. The van der Waals surface area contributed by atoms with E-state index in [9.17, 15) is 13.6 Å². The fourth-order valence-corrected chi connectivity index (χ4v) is 1.86. The first-order valence-electron chi connectivity index (χ1n) is 6.03. The smallest absolute Gasteiger partial charge is 0.256 e. The Kier molecular flexibility index (Phi) is 3.98. The van der Waals surface area contributed by atoms with Crippen molar-refractivity contribution in [3.8, 4) is 0 Å². The van der Waals surface area contributed by atoms with E-state index in [1.165, 1.54) is 30.1 Å². The first kappa shape index (κ1) is 14.0. The molecule has 0 aliphatic carbocycles. The summed E-state index contributed by atoms with van der Waals surface area (Å²) >= 11 is 0. The van der Waals surface area contributed by atoms with Crippen LogP contribution in [0.2, 0.25) is 0 Å². The van der Waals surface area contributed by atoms with Gasteiger partial charge in [0.2, 0.25) is 0 Å². The monoisotopic (exact) mass is 276 g/mol. The normalized spacial score (nSPS) is 10.3. The van der Waals surface area contributed by atoms with Crippen molar-refractivity contribution in [3.63, 3.8) is 0 Å². The molecule has 0 aromatic heterocycles. The van der Waals surface area contributed by atoms with E-state index in [1.807, 2.05) is 0 Å². The van der Waals surface area contributed by atoms with Crippen LogP contribution >= 0.6 is 0 Å². The number of carbonyl (C=O) groups is 1. The molecule has 0 radical (unpaired) electrons. The van der Waals surface area contributed by atoms with E-state index in [2.05, 4.69) is 0 Å². The van der Waals surface area contributed by atoms with Crippen LogP contribution in [-0.4, -0.2) is 17.9 Å². The number of anilines is 1. The zero-order valence-corrected chi connectivity index (χ0v) is 10.9. The topological polar surface area (TPSA) is 46.3 Å². The Morgan fingerprint density at radius 3 is 2.50 bits per heavy atom. The SMILES string of the molecule is CN(Cc1ccccc1F)C(=O)c1ccc(N)cc1F. The van der Waals surface area contributed by atoms with Gasteiger partial charge in [0.05, 0.1) is 5.56 Å². The molecule has 0 aliphatic rings. The number of benzene rings is 2. The average Bonchev–Trinajstić information content (AvgIpc) is 2.40. The lowest BCUT2D eigenvalue weighted by Crippen LogP contribution is -2.27. The Bertz CT molecular complexity index is 644. The van der Waals surface area contributed by atoms with Crippen LogP contribution in [0.3, 0.4) is 0 Å². The molecule has 2 rings (SSSR count). The zero-order chi connectivity index (χ0) is 14.7. The van der Waals surface area contributed by atoms with Gasteiger partial charge in [-0.1, -0.05) is 18.2 Å². The van der Waals surface area contributed by atoms with Gasteiger partial charge < -0.3 is 10.6 Å². The van der Waals surface area contributed by atoms with E-state index >= 15 is 0 Å². The molecular weight excluding hydrogens is 262 g/mol. The average molecular weight is 276 g/mol. The van der Waals surface area contributed by atoms with E-state index in [1.54, 1.807) is 18.2 Å². The van der Waals surface area contributed by atoms with E-state index in [0.29, 0.717) is 5.56 Å². The third-order valence-electron chi connectivity index (χ3n) is 2.94. The third-order valence-corrected chi connectivity index (χ3v) is 2.94. The van der Waals surface area contributed by atoms with Crippen LogP contribution in [-0.2, 0) is 6.54 Å². The van der Waals surface area contributed by atoms with Gasteiger partial charge in [0.15, 0.2) is 0 Å². The molecule has 1 amide bonds. The molecule has 0 heterocycles. The van der Waals surface area contributed by atoms with Crippen LogP contribution in [0.5, 0.6) is 0 Å². The van der Waals surface area contributed by atoms with Crippen molar-refractivity contribution >= 4 is 11.6 Å². The Labute approximate surface area is 115 Å². The van der Waals surface area contributed by atoms with Crippen LogP contribution in [0.4, 0.5) is 14.5 Å². The fourth-order valence-electron chi connectivity index (χ4n) is 1.86. The van der Waals surface area contributed by atoms with Crippen molar-refractivity contribution in [2.24, 2.45) is 0 Å². The van der Waals surface area contributed by atoms with Gasteiger partial charge in [-0.15, -0.1) is 0 Å². The molecule has 2 aromatic rings. The number of hydrogen-bond donors (Lipinski definition) is 1. The lowest BCUT2D eigenvalue weighted by molar-refractivity contribution is 0.0779. The lowest BCUT2D eigenvalue weighted by Gasteiger charge is -2.18. The second-order valence-corrected chi connectivity index (χ2v) is 4.49. The number of nitrogens with two attached hydrogens (primary N) is 1. The minimum atomic E-state index is -0.685. The number of halogens is 2. The molecule has 2 aromatic carbocycles. The Morgan fingerprint density at radius 2 is 1.85 bits per heavy atom. The molecule has 0 bridgehead atoms. The zero-order valence-electron chi connectivity index (χ0n) is 10.9. The van der Waals surface area contributed by atoms with E-state index in [-0.39, 0.29) is 17.8 Å². The second kappa shape index (κ2) is 5.69. The number of nitrogen functional groups attached to an aromatic ring is 1. The fraction of sp³-hybridized carbons (Fsp3) is 0.133. The molecule has 0 fully saturated rings. The van der Waals surface area contributed by atoms with Crippen molar-refractivity contribution < 1.29 is 13.6 Å². The highest BCUT2D eigenvalue weighted by Crippen LogP contribution is 2.16. The lowest BCUT2D eigenvalue weighted by atomic mass is 10.1. The van der Waals surface area contributed by atoms with Gasteiger partial charge in [-0.3, -0.25) is 4.79 Å². The van der Waals surface area contributed by atoms with E-state index in [0.717, 1.165) is 6.07 Å². The number of rotatable bonds is 3. The maximum Gasteiger partial charge on any atom is 0.256 e. The maximum atomic E-state index is 13.7. The largest absolute Gasteiger partial charge is 0.399 e. The summed E-state index contributed by atoms with van der Waals surface area (Å²) in [7, 11) is 1.49. The van der Waals surface area contributed by atoms with Gasteiger partial charge in [-0.25, -0.2) is 8.78 Å². The van der Waals surface area contributed by atoms with Gasteiger partial charge in [-0.05, 0) is 24.3 Å². The van der Waals surface area contributed by atoms with E-state index in [4.69, 9.17) is 5.73 Å². The summed E-state index contributed by atoms with van der Waals surface area (Å²) in [4.78, 5) is 13.4. The minimum absolute atomic E-state index is 0.0648. The molecule has 0 saturated heterocycles. The summed E-state index contributed by atoms with van der Waals surface area (Å²) in [5.41, 5.74) is 5.97. The number of hydrogen-bond acceptors (Lipinski definition) is 2. The van der Waals surface area contributed by atoms with Crippen LogP contribution in [0.25, 0.3) is 0 Å². The van der Waals surface area contributed by atoms with Crippen LogP contribution in [0.1, 0.15) is 15.9 Å². The second-order valence-electron chi connectivity index (χ2n) is 4.49. The molecule has 0 unspecified atom stereocenters. The van der Waals surface area contributed by atoms with Crippen LogP contribution < -0.4 is 5.73 Å². The van der Waals surface area contributed by atoms with Gasteiger partial charge in [-0.2, -0.15) is 0 Å².